The van der Waals surface area contributed by atoms with E-state index in [2.05, 4.69) is 23.2 Å². The molecule has 4 rings (SSSR count). The van der Waals surface area contributed by atoms with Crippen molar-refractivity contribution in [2.45, 2.75) is 28.8 Å². The third-order valence-corrected chi connectivity index (χ3v) is 5.69. The highest BCUT2D eigenvalue weighted by Crippen LogP contribution is 2.39. The second kappa shape index (κ2) is 7.75. The SMILES string of the molecule is O=C(c1ccccc1)N1CCCC1c1cccnc1Sc1ccccc1. The van der Waals surface area contributed by atoms with Crippen LogP contribution in [-0.4, -0.2) is 22.3 Å². The Kier molecular flexibility index (Phi) is 5.02. The third kappa shape index (κ3) is 3.51. The van der Waals surface area contributed by atoms with E-state index in [-0.39, 0.29) is 11.9 Å². The summed E-state index contributed by atoms with van der Waals surface area (Å²) in [4.78, 5) is 20.8. The van der Waals surface area contributed by atoms with Gasteiger partial charge in [-0.3, -0.25) is 4.79 Å². The number of carbonyl (C=O) groups excluding carboxylic acids is 1. The smallest absolute Gasteiger partial charge is 0.254 e. The van der Waals surface area contributed by atoms with Crippen molar-refractivity contribution in [3.05, 3.63) is 90.1 Å². The number of likely N-dealkylation sites (tertiary alicyclic amines) is 1. The molecule has 1 amide bonds. The van der Waals surface area contributed by atoms with Crippen LogP contribution in [0.15, 0.2) is 88.9 Å². The number of aromatic nitrogens is 1. The van der Waals surface area contributed by atoms with Gasteiger partial charge in [0.1, 0.15) is 5.03 Å². The molecule has 1 aliphatic heterocycles. The standard InChI is InChI=1S/C22H20N2OS/c25-22(17-9-3-1-4-10-17)24-16-8-14-20(24)19-13-7-15-23-21(19)26-18-11-5-2-6-12-18/h1-7,9-13,15,20H,8,14,16H2. The molecule has 4 heteroatoms. The first-order valence-corrected chi connectivity index (χ1v) is 9.68. The summed E-state index contributed by atoms with van der Waals surface area (Å²) in [6.07, 6.45) is 3.83. The van der Waals surface area contributed by atoms with Gasteiger partial charge in [-0.2, -0.15) is 0 Å². The maximum absolute atomic E-state index is 13.0. The molecular weight excluding hydrogens is 340 g/mol. The summed E-state index contributed by atoms with van der Waals surface area (Å²) in [6.45, 7) is 0.794. The summed E-state index contributed by atoms with van der Waals surface area (Å²) >= 11 is 1.66. The number of rotatable bonds is 4. The lowest BCUT2D eigenvalue weighted by Crippen LogP contribution is -2.30. The van der Waals surface area contributed by atoms with Crippen molar-refractivity contribution in [3.63, 3.8) is 0 Å². The number of amides is 1. The normalized spacial score (nSPS) is 16.6. The average molecular weight is 360 g/mol. The van der Waals surface area contributed by atoms with E-state index in [4.69, 9.17) is 0 Å². The summed E-state index contributed by atoms with van der Waals surface area (Å²) in [5, 5.41) is 0.983. The summed E-state index contributed by atoms with van der Waals surface area (Å²) in [6, 6.07) is 24.0. The minimum Gasteiger partial charge on any atom is -0.332 e. The van der Waals surface area contributed by atoms with Crippen molar-refractivity contribution in [2.75, 3.05) is 6.54 Å². The van der Waals surface area contributed by atoms with Crippen LogP contribution >= 0.6 is 11.8 Å². The topological polar surface area (TPSA) is 33.2 Å². The highest BCUT2D eigenvalue weighted by Gasteiger charge is 2.32. The lowest BCUT2D eigenvalue weighted by molar-refractivity contribution is 0.0733. The molecule has 0 radical (unpaired) electrons. The number of carbonyl (C=O) groups is 1. The van der Waals surface area contributed by atoms with Crippen LogP contribution in [0.3, 0.4) is 0 Å². The van der Waals surface area contributed by atoms with Crippen LogP contribution in [-0.2, 0) is 0 Å². The zero-order chi connectivity index (χ0) is 17.8. The fourth-order valence-electron chi connectivity index (χ4n) is 3.42. The molecule has 1 atom stereocenters. The van der Waals surface area contributed by atoms with Crippen molar-refractivity contribution >= 4 is 17.7 Å². The molecule has 0 saturated carbocycles. The Morgan fingerprint density at radius 2 is 1.69 bits per heavy atom. The van der Waals surface area contributed by atoms with Gasteiger partial charge < -0.3 is 4.90 Å². The van der Waals surface area contributed by atoms with E-state index in [1.165, 1.54) is 0 Å². The minimum atomic E-state index is 0.0858. The summed E-state index contributed by atoms with van der Waals surface area (Å²) in [5.74, 6) is 0.104. The molecule has 1 aromatic heterocycles. The van der Waals surface area contributed by atoms with Gasteiger partial charge in [-0.15, -0.1) is 0 Å². The van der Waals surface area contributed by atoms with Gasteiger partial charge in [0.05, 0.1) is 6.04 Å². The molecule has 2 heterocycles. The van der Waals surface area contributed by atoms with Gasteiger partial charge in [0.15, 0.2) is 0 Å². The van der Waals surface area contributed by atoms with E-state index >= 15 is 0 Å². The molecule has 130 valence electrons. The molecule has 3 aromatic rings. The van der Waals surface area contributed by atoms with Crippen molar-refractivity contribution < 1.29 is 4.79 Å². The molecule has 1 saturated heterocycles. The van der Waals surface area contributed by atoms with Crippen LogP contribution in [0.4, 0.5) is 0 Å². The van der Waals surface area contributed by atoms with E-state index in [0.717, 1.165) is 40.4 Å². The molecule has 0 aliphatic carbocycles. The van der Waals surface area contributed by atoms with Gasteiger partial charge in [0.2, 0.25) is 0 Å². The Balaban J connectivity index is 1.63. The molecular formula is C22H20N2OS. The number of hydrogen-bond acceptors (Lipinski definition) is 3. The molecule has 1 unspecified atom stereocenters. The molecule has 3 nitrogen and oxygen atoms in total. The average Bonchev–Trinajstić information content (AvgIpc) is 3.19. The Morgan fingerprint density at radius 1 is 0.962 bits per heavy atom. The van der Waals surface area contributed by atoms with Crippen molar-refractivity contribution in [1.29, 1.82) is 0 Å². The second-order valence-corrected chi connectivity index (χ2v) is 7.40. The van der Waals surface area contributed by atoms with E-state index in [0.29, 0.717) is 0 Å². The van der Waals surface area contributed by atoms with E-state index in [1.54, 1.807) is 11.8 Å². The van der Waals surface area contributed by atoms with Crippen LogP contribution in [0, 0.1) is 0 Å². The van der Waals surface area contributed by atoms with Gasteiger partial charge in [-0.1, -0.05) is 54.2 Å². The highest BCUT2D eigenvalue weighted by molar-refractivity contribution is 7.99. The van der Waals surface area contributed by atoms with Crippen LogP contribution in [0.2, 0.25) is 0 Å². The number of hydrogen-bond donors (Lipinski definition) is 0. The second-order valence-electron chi connectivity index (χ2n) is 6.34. The van der Waals surface area contributed by atoms with Gasteiger partial charge in [0.25, 0.3) is 5.91 Å². The maximum atomic E-state index is 13.0. The van der Waals surface area contributed by atoms with Crippen LogP contribution < -0.4 is 0 Å². The molecule has 1 fully saturated rings. The van der Waals surface area contributed by atoms with Gasteiger partial charge in [-0.05, 0) is 43.2 Å². The van der Waals surface area contributed by atoms with Crippen molar-refractivity contribution in [1.82, 2.24) is 9.88 Å². The first-order chi connectivity index (χ1) is 12.8. The molecule has 0 bridgehead atoms. The molecule has 0 N–H and O–H groups in total. The summed E-state index contributed by atoms with van der Waals surface area (Å²) < 4.78 is 0. The minimum absolute atomic E-state index is 0.0858. The van der Waals surface area contributed by atoms with Crippen LogP contribution in [0.1, 0.15) is 34.8 Å². The molecule has 2 aromatic carbocycles. The van der Waals surface area contributed by atoms with Gasteiger partial charge in [0, 0.05) is 28.8 Å². The number of pyridine rings is 1. The lowest BCUT2D eigenvalue weighted by atomic mass is 10.1. The molecule has 26 heavy (non-hydrogen) atoms. The quantitative estimate of drug-likeness (QED) is 0.640. The van der Waals surface area contributed by atoms with Gasteiger partial charge >= 0.3 is 0 Å². The molecule has 0 spiro atoms. The molecule has 1 aliphatic rings. The Labute approximate surface area is 158 Å². The first-order valence-electron chi connectivity index (χ1n) is 8.87. The third-order valence-electron chi connectivity index (χ3n) is 4.65. The Morgan fingerprint density at radius 3 is 2.46 bits per heavy atom. The predicted octanol–water partition coefficient (Wildman–Crippen LogP) is 5.21. The van der Waals surface area contributed by atoms with Crippen LogP contribution in [0.25, 0.3) is 0 Å². The Hall–Kier alpha value is -2.59. The maximum Gasteiger partial charge on any atom is 0.254 e. The lowest BCUT2D eigenvalue weighted by Gasteiger charge is -2.26. The van der Waals surface area contributed by atoms with Crippen molar-refractivity contribution in [3.8, 4) is 0 Å². The zero-order valence-electron chi connectivity index (χ0n) is 14.4. The monoisotopic (exact) mass is 360 g/mol. The Bertz CT molecular complexity index is 883. The number of benzene rings is 2. The van der Waals surface area contributed by atoms with E-state index in [1.807, 2.05) is 65.7 Å². The highest BCUT2D eigenvalue weighted by atomic mass is 32.2. The summed E-state index contributed by atoms with van der Waals surface area (Å²) in [5.41, 5.74) is 1.89. The van der Waals surface area contributed by atoms with Gasteiger partial charge in [-0.25, -0.2) is 4.98 Å². The predicted molar refractivity (Wildman–Crippen MR) is 104 cm³/mol. The largest absolute Gasteiger partial charge is 0.332 e. The van der Waals surface area contributed by atoms with E-state index < -0.39 is 0 Å². The van der Waals surface area contributed by atoms with E-state index in [9.17, 15) is 4.79 Å². The fraction of sp³-hybridized carbons (Fsp3) is 0.182. The number of nitrogens with zero attached hydrogens (tertiary/aromatic N) is 2. The zero-order valence-corrected chi connectivity index (χ0v) is 15.2. The van der Waals surface area contributed by atoms with Crippen molar-refractivity contribution in [2.24, 2.45) is 0 Å². The summed E-state index contributed by atoms with van der Waals surface area (Å²) in [7, 11) is 0. The van der Waals surface area contributed by atoms with Crippen LogP contribution in [0.5, 0.6) is 0 Å². The fourth-order valence-corrected chi connectivity index (χ4v) is 4.37. The first kappa shape index (κ1) is 16.9.